The second-order valence-electron chi connectivity index (χ2n) is 7.80. The number of nitrogens with one attached hydrogen (secondary N) is 1. The minimum Gasteiger partial charge on any atom is -0.490 e. The first-order chi connectivity index (χ1) is 14.7. The smallest absolute Gasteiger partial charge is 0.266 e. The number of rotatable bonds is 3. The molecule has 0 aromatic heterocycles. The third-order valence-electron chi connectivity index (χ3n) is 5.80. The number of hydrogen-bond donors (Lipinski definition) is 1. The van der Waals surface area contributed by atoms with Gasteiger partial charge in [0.25, 0.3) is 5.91 Å². The van der Waals surface area contributed by atoms with Gasteiger partial charge in [0.1, 0.15) is 5.75 Å². The van der Waals surface area contributed by atoms with Crippen LogP contribution in [0.25, 0.3) is 0 Å². The molecule has 0 saturated carbocycles. The van der Waals surface area contributed by atoms with Crippen LogP contribution in [0.3, 0.4) is 0 Å². The quantitative estimate of drug-likeness (QED) is 0.843. The molecule has 2 aromatic rings. The van der Waals surface area contributed by atoms with Crippen LogP contribution in [0, 0.1) is 0 Å². The number of likely N-dealkylation sites (tertiary alicyclic amines) is 1. The number of benzene rings is 2. The van der Waals surface area contributed by atoms with Gasteiger partial charge in [-0.05, 0) is 42.7 Å². The van der Waals surface area contributed by atoms with E-state index >= 15 is 0 Å². The zero-order valence-corrected chi connectivity index (χ0v) is 16.6. The van der Waals surface area contributed by atoms with E-state index in [1.54, 1.807) is 12.1 Å². The number of hydrogen-bond acceptors (Lipinski definition) is 5. The lowest BCUT2D eigenvalue weighted by atomic mass is 10.0. The topological polar surface area (TPSA) is 77.1 Å². The van der Waals surface area contributed by atoms with E-state index in [4.69, 9.17) is 14.2 Å². The van der Waals surface area contributed by atoms with Gasteiger partial charge in [-0.1, -0.05) is 18.2 Å². The highest BCUT2D eigenvalue weighted by Crippen LogP contribution is 2.38. The SMILES string of the molecule is O=C1Nc2ccccc2O[C@@H]1CC(=O)N1CCC[C@@H]1c1ccc2c(c1)OCCCO2. The standard InChI is InChI=1S/C23H24N2O5/c26-22(14-21-23(27)24-16-5-1-2-7-18(16)30-21)25-10-3-6-17(25)15-8-9-19-20(13-15)29-12-4-11-28-19/h1-2,5,7-9,13,17,21H,3-4,6,10-12,14H2,(H,24,27)/t17-,21-/m1/s1. The van der Waals surface area contributed by atoms with Crippen molar-refractivity contribution >= 4 is 17.5 Å². The van der Waals surface area contributed by atoms with E-state index in [1.807, 2.05) is 35.2 Å². The zero-order chi connectivity index (χ0) is 20.5. The summed E-state index contributed by atoms with van der Waals surface area (Å²) in [5, 5.41) is 2.82. The first-order valence-electron chi connectivity index (χ1n) is 10.4. The van der Waals surface area contributed by atoms with Gasteiger partial charge in [-0.2, -0.15) is 0 Å². The Labute approximate surface area is 174 Å². The molecule has 0 radical (unpaired) electrons. The highest BCUT2D eigenvalue weighted by atomic mass is 16.5. The molecule has 5 rings (SSSR count). The number of carbonyl (C=O) groups excluding carboxylic acids is 2. The van der Waals surface area contributed by atoms with Crippen LogP contribution in [0.15, 0.2) is 42.5 Å². The summed E-state index contributed by atoms with van der Waals surface area (Å²) in [6, 6.07) is 13.1. The largest absolute Gasteiger partial charge is 0.490 e. The number of fused-ring (bicyclic) bond motifs is 2. The lowest BCUT2D eigenvalue weighted by Gasteiger charge is -2.29. The van der Waals surface area contributed by atoms with Gasteiger partial charge in [0, 0.05) is 13.0 Å². The highest BCUT2D eigenvalue weighted by Gasteiger charge is 2.35. The van der Waals surface area contributed by atoms with Gasteiger partial charge in [-0.25, -0.2) is 0 Å². The summed E-state index contributed by atoms with van der Waals surface area (Å²) in [7, 11) is 0. The summed E-state index contributed by atoms with van der Waals surface area (Å²) in [4.78, 5) is 27.4. The van der Waals surface area contributed by atoms with Gasteiger partial charge in [0.05, 0.1) is 31.4 Å². The van der Waals surface area contributed by atoms with Crippen LogP contribution >= 0.6 is 0 Å². The maximum absolute atomic E-state index is 13.1. The van der Waals surface area contributed by atoms with E-state index in [0.29, 0.717) is 31.2 Å². The average molecular weight is 408 g/mol. The fraction of sp³-hybridized carbons (Fsp3) is 0.391. The molecule has 0 unspecified atom stereocenters. The van der Waals surface area contributed by atoms with E-state index in [9.17, 15) is 9.59 Å². The van der Waals surface area contributed by atoms with Crippen molar-refractivity contribution in [3.8, 4) is 17.2 Å². The number of anilines is 1. The van der Waals surface area contributed by atoms with Crippen LogP contribution in [-0.2, 0) is 9.59 Å². The summed E-state index contributed by atoms with van der Waals surface area (Å²) in [6.07, 6.45) is 1.85. The number of nitrogens with zero attached hydrogens (tertiary/aromatic N) is 1. The van der Waals surface area contributed by atoms with Crippen molar-refractivity contribution < 1.29 is 23.8 Å². The minimum absolute atomic E-state index is 0.0151. The molecule has 1 fully saturated rings. The molecule has 2 atom stereocenters. The summed E-state index contributed by atoms with van der Waals surface area (Å²) >= 11 is 0. The lowest BCUT2D eigenvalue weighted by Crippen LogP contribution is -2.42. The number of para-hydroxylation sites is 2. The predicted molar refractivity (Wildman–Crippen MR) is 110 cm³/mol. The van der Waals surface area contributed by atoms with Crippen molar-refractivity contribution in [1.82, 2.24) is 4.90 Å². The number of ether oxygens (including phenoxy) is 3. The fourth-order valence-electron chi connectivity index (χ4n) is 4.30. The van der Waals surface area contributed by atoms with Crippen molar-refractivity contribution in [1.29, 1.82) is 0 Å². The van der Waals surface area contributed by atoms with Crippen LogP contribution in [0.4, 0.5) is 5.69 Å². The average Bonchev–Trinajstić information content (AvgIpc) is 3.13. The van der Waals surface area contributed by atoms with E-state index in [2.05, 4.69) is 5.32 Å². The molecule has 156 valence electrons. The molecule has 3 aliphatic rings. The fourth-order valence-corrected chi connectivity index (χ4v) is 4.30. The first kappa shape index (κ1) is 18.8. The Morgan fingerprint density at radius 2 is 1.87 bits per heavy atom. The molecule has 0 spiro atoms. The molecule has 7 nitrogen and oxygen atoms in total. The van der Waals surface area contributed by atoms with Gasteiger partial charge in [-0.15, -0.1) is 0 Å². The summed E-state index contributed by atoms with van der Waals surface area (Å²) in [6.45, 7) is 1.94. The van der Waals surface area contributed by atoms with Gasteiger partial charge in [0.15, 0.2) is 17.6 Å². The molecule has 30 heavy (non-hydrogen) atoms. The molecule has 1 saturated heterocycles. The minimum atomic E-state index is -0.822. The normalized spacial score (nSPS) is 22.5. The van der Waals surface area contributed by atoms with Crippen molar-refractivity contribution in [2.75, 3.05) is 25.1 Å². The zero-order valence-electron chi connectivity index (χ0n) is 16.6. The van der Waals surface area contributed by atoms with Crippen LogP contribution in [0.2, 0.25) is 0 Å². The van der Waals surface area contributed by atoms with Crippen LogP contribution in [-0.4, -0.2) is 42.6 Å². The van der Waals surface area contributed by atoms with Gasteiger partial charge in [-0.3, -0.25) is 9.59 Å². The first-order valence-corrected chi connectivity index (χ1v) is 10.4. The molecule has 7 heteroatoms. The van der Waals surface area contributed by atoms with Gasteiger partial charge in [0.2, 0.25) is 5.91 Å². The summed E-state index contributed by atoms with van der Waals surface area (Å²) in [5.41, 5.74) is 1.67. The van der Waals surface area contributed by atoms with Crippen molar-refractivity contribution in [2.45, 2.75) is 37.8 Å². The maximum Gasteiger partial charge on any atom is 0.266 e. The number of amides is 2. The van der Waals surface area contributed by atoms with E-state index in [-0.39, 0.29) is 24.3 Å². The van der Waals surface area contributed by atoms with E-state index in [1.165, 1.54) is 0 Å². The monoisotopic (exact) mass is 408 g/mol. The van der Waals surface area contributed by atoms with Crippen molar-refractivity contribution in [3.05, 3.63) is 48.0 Å². The van der Waals surface area contributed by atoms with Crippen LogP contribution < -0.4 is 19.5 Å². The molecule has 3 heterocycles. The van der Waals surface area contributed by atoms with Gasteiger partial charge >= 0.3 is 0 Å². The summed E-state index contributed by atoms with van der Waals surface area (Å²) < 4.78 is 17.3. The Hall–Kier alpha value is -3.22. The Bertz CT molecular complexity index is 976. The van der Waals surface area contributed by atoms with Gasteiger partial charge < -0.3 is 24.4 Å². The molecule has 0 bridgehead atoms. The lowest BCUT2D eigenvalue weighted by molar-refractivity contribution is -0.137. The molecule has 2 amide bonds. The second-order valence-corrected chi connectivity index (χ2v) is 7.80. The van der Waals surface area contributed by atoms with E-state index < -0.39 is 6.10 Å². The van der Waals surface area contributed by atoms with Crippen LogP contribution in [0.5, 0.6) is 17.2 Å². The van der Waals surface area contributed by atoms with Crippen molar-refractivity contribution in [3.63, 3.8) is 0 Å². The molecular formula is C23H24N2O5. The van der Waals surface area contributed by atoms with E-state index in [0.717, 1.165) is 36.3 Å². The Balaban J connectivity index is 1.31. The predicted octanol–water partition coefficient (Wildman–Crippen LogP) is 3.30. The highest BCUT2D eigenvalue weighted by molar-refractivity contribution is 6.00. The Morgan fingerprint density at radius 1 is 1.03 bits per heavy atom. The molecule has 1 N–H and O–H groups in total. The Morgan fingerprint density at radius 3 is 2.77 bits per heavy atom. The Kier molecular flexibility index (Phi) is 4.94. The molecule has 0 aliphatic carbocycles. The van der Waals surface area contributed by atoms with Crippen LogP contribution in [0.1, 0.15) is 37.3 Å². The molecule has 2 aromatic carbocycles. The summed E-state index contributed by atoms with van der Waals surface area (Å²) in [5.74, 6) is 1.71. The number of carbonyl (C=O) groups is 2. The third kappa shape index (κ3) is 3.56. The molecule has 3 aliphatic heterocycles. The second kappa shape index (κ2) is 7.89. The maximum atomic E-state index is 13.1. The third-order valence-corrected chi connectivity index (χ3v) is 5.80. The van der Waals surface area contributed by atoms with Crippen molar-refractivity contribution in [2.24, 2.45) is 0 Å². The molecular weight excluding hydrogens is 384 g/mol.